The maximum absolute atomic E-state index is 12.4. The highest BCUT2D eigenvalue weighted by molar-refractivity contribution is 6.71. The zero-order chi connectivity index (χ0) is 15.5. The molecule has 0 atom stereocenters. The van der Waals surface area contributed by atoms with Gasteiger partial charge in [0.25, 0.3) is 0 Å². The van der Waals surface area contributed by atoms with E-state index in [2.05, 4.69) is 15.3 Å². The van der Waals surface area contributed by atoms with Crippen molar-refractivity contribution in [2.24, 2.45) is 15.3 Å². The van der Waals surface area contributed by atoms with Gasteiger partial charge in [-0.1, -0.05) is 24.3 Å². The summed E-state index contributed by atoms with van der Waals surface area (Å²) in [6, 6.07) is 14.0. The van der Waals surface area contributed by atoms with Crippen LogP contribution in [0.5, 0.6) is 0 Å². The molecule has 0 aliphatic carbocycles. The Hall–Kier alpha value is -3.22. The van der Waals surface area contributed by atoms with Crippen molar-refractivity contribution in [2.45, 2.75) is 6.92 Å². The highest BCUT2D eigenvalue weighted by atomic mass is 16.5. The fraction of sp³-hybridized carbons (Fsp3) is 0.0667. The quantitative estimate of drug-likeness (QED) is 0.671. The number of carbonyl (C=O) groups excluding carboxylic acids is 1. The largest absolute Gasteiger partial charge is 0.427 e. The van der Waals surface area contributed by atoms with Crippen molar-refractivity contribution in [3.63, 3.8) is 0 Å². The molecule has 1 aromatic heterocycles. The third-order valence-electron chi connectivity index (χ3n) is 3.06. The van der Waals surface area contributed by atoms with E-state index in [0.717, 1.165) is 4.73 Å². The maximum Gasteiger partial charge on any atom is 0.301 e. The Morgan fingerprint density at radius 1 is 1.05 bits per heavy atom. The van der Waals surface area contributed by atoms with Crippen molar-refractivity contribution in [2.75, 3.05) is 5.01 Å². The van der Waals surface area contributed by atoms with Crippen molar-refractivity contribution < 1.29 is 10.0 Å². The van der Waals surface area contributed by atoms with Gasteiger partial charge in [-0.3, -0.25) is 4.79 Å². The van der Waals surface area contributed by atoms with E-state index in [9.17, 15) is 10.0 Å². The number of nitrogens with zero attached hydrogens (tertiary/aromatic N) is 5. The molecule has 0 saturated heterocycles. The highest BCUT2D eigenvalue weighted by Crippen LogP contribution is 2.18. The molecule has 1 aromatic carbocycles. The normalized spacial score (nSPS) is 17.2. The molecule has 2 heterocycles. The molecule has 1 aliphatic rings. The van der Waals surface area contributed by atoms with Crippen molar-refractivity contribution in [1.82, 2.24) is 4.73 Å². The molecule has 0 saturated carbocycles. The second-order valence-corrected chi connectivity index (χ2v) is 4.59. The zero-order valence-electron chi connectivity index (χ0n) is 11.8. The molecule has 0 fully saturated rings. The predicted molar refractivity (Wildman–Crippen MR) is 81.7 cm³/mol. The van der Waals surface area contributed by atoms with E-state index in [4.69, 9.17) is 0 Å². The SMILES string of the molecule is CC1=NN(c2ccccc2)C(=O)C1=NN=c1ccccn1O. The fourth-order valence-electron chi connectivity index (χ4n) is 1.96. The van der Waals surface area contributed by atoms with Gasteiger partial charge in [-0.25, -0.2) is 0 Å². The van der Waals surface area contributed by atoms with Gasteiger partial charge in [0.15, 0.2) is 11.2 Å². The van der Waals surface area contributed by atoms with Crippen LogP contribution in [0, 0.1) is 0 Å². The average Bonchev–Trinajstić information content (AvgIpc) is 2.82. The van der Waals surface area contributed by atoms with Crippen LogP contribution < -0.4 is 10.5 Å². The number of hydrogen-bond acceptors (Lipinski definition) is 5. The first-order valence-corrected chi connectivity index (χ1v) is 6.60. The van der Waals surface area contributed by atoms with Crippen molar-refractivity contribution >= 4 is 23.0 Å². The number of anilines is 1. The minimum Gasteiger partial charge on any atom is -0.427 e. The van der Waals surface area contributed by atoms with Crippen LogP contribution in [0.1, 0.15) is 6.92 Å². The topological polar surface area (TPSA) is 82.5 Å². The van der Waals surface area contributed by atoms with Crippen LogP contribution in [0.15, 0.2) is 70.0 Å². The van der Waals surface area contributed by atoms with Gasteiger partial charge in [-0.05, 0) is 31.2 Å². The summed E-state index contributed by atoms with van der Waals surface area (Å²) in [7, 11) is 0. The number of aromatic nitrogens is 1. The lowest BCUT2D eigenvalue weighted by molar-refractivity contribution is -0.112. The lowest BCUT2D eigenvalue weighted by Crippen LogP contribution is -2.27. The summed E-state index contributed by atoms with van der Waals surface area (Å²) in [6.07, 6.45) is 1.42. The molecule has 0 radical (unpaired) electrons. The molecule has 1 N–H and O–H groups in total. The first kappa shape index (κ1) is 13.7. The van der Waals surface area contributed by atoms with Crippen LogP contribution >= 0.6 is 0 Å². The van der Waals surface area contributed by atoms with Crippen LogP contribution in [0.25, 0.3) is 0 Å². The van der Waals surface area contributed by atoms with Gasteiger partial charge >= 0.3 is 5.91 Å². The summed E-state index contributed by atoms with van der Waals surface area (Å²) in [4.78, 5) is 12.4. The number of benzene rings is 1. The van der Waals surface area contributed by atoms with Gasteiger partial charge in [0, 0.05) is 6.20 Å². The summed E-state index contributed by atoms with van der Waals surface area (Å²) < 4.78 is 0.824. The molecule has 110 valence electrons. The molecular weight excluding hydrogens is 282 g/mol. The molecular formula is C15H13N5O2. The molecule has 3 rings (SSSR count). The summed E-state index contributed by atoms with van der Waals surface area (Å²) in [5.41, 5.74) is 1.49. The standard InChI is InChI=1S/C15H13N5O2/c1-11-14(17-16-13-9-5-6-10-19(13)22)15(21)20(18-11)12-7-3-2-4-8-12/h2-10,22H,1H3. The molecule has 0 bridgehead atoms. The van der Waals surface area contributed by atoms with Gasteiger partial charge in [0.05, 0.1) is 11.4 Å². The highest BCUT2D eigenvalue weighted by Gasteiger charge is 2.30. The Morgan fingerprint density at radius 2 is 1.77 bits per heavy atom. The molecule has 22 heavy (non-hydrogen) atoms. The van der Waals surface area contributed by atoms with Crippen molar-refractivity contribution in [3.05, 3.63) is 60.2 Å². The Bertz CT molecular complexity index is 836. The second kappa shape index (κ2) is 5.65. The molecule has 7 nitrogen and oxygen atoms in total. The monoisotopic (exact) mass is 295 g/mol. The number of amides is 1. The molecule has 0 unspecified atom stereocenters. The lowest BCUT2D eigenvalue weighted by Gasteiger charge is -2.10. The third-order valence-corrected chi connectivity index (χ3v) is 3.06. The number of hydrogen-bond donors (Lipinski definition) is 1. The van der Waals surface area contributed by atoms with E-state index in [1.165, 1.54) is 11.2 Å². The third kappa shape index (κ3) is 2.51. The molecule has 0 spiro atoms. The Balaban J connectivity index is 1.96. The number of hydrazone groups is 1. The van der Waals surface area contributed by atoms with Crippen LogP contribution in [0.3, 0.4) is 0 Å². The van der Waals surface area contributed by atoms with Gasteiger partial charge in [0.2, 0.25) is 0 Å². The minimum atomic E-state index is -0.354. The van der Waals surface area contributed by atoms with Crippen LogP contribution in [0.2, 0.25) is 0 Å². The van der Waals surface area contributed by atoms with E-state index >= 15 is 0 Å². The predicted octanol–water partition coefficient (Wildman–Crippen LogP) is 1.40. The fourth-order valence-corrected chi connectivity index (χ4v) is 1.96. The first-order chi connectivity index (χ1) is 10.7. The number of pyridine rings is 1. The summed E-state index contributed by atoms with van der Waals surface area (Å²) in [5.74, 6) is -0.354. The number of rotatable bonds is 2. The van der Waals surface area contributed by atoms with E-state index in [0.29, 0.717) is 11.4 Å². The smallest absolute Gasteiger partial charge is 0.301 e. The number of carbonyl (C=O) groups is 1. The molecule has 1 amide bonds. The van der Waals surface area contributed by atoms with Gasteiger partial charge in [0.1, 0.15) is 0 Å². The Kier molecular flexibility index (Phi) is 3.53. The van der Waals surface area contributed by atoms with Gasteiger partial charge < -0.3 is 5.21 Å². The average molecular weight is 295 g/mol. The van der Waals surface area contributed by atoms with Crippen molar-refractivity contribution in [1.29, 1.82) is 0 Å². The van der Waals surface area contributed by atoms with Crippen LogP contribution in [0.4, 0.5) is 5.69 Å². The lowest BCUT2D eigenvalue weighted by atomic mass is 10.2. The first-order valence-electron chi connectivity index (χ1n) is 6.60. The van der Waals surface area contributed by atoms with Crippen LogP contribution in [-0.4, -0.2) is 27.3 Å². The Labute approximate surface area is 126 Å². The van der Waals surface area contributed by atoms with E-state index in [1.54, 1.807) is 37.3 Å². The van der Waals surface area contributed by atoms with Crippen LogP contribution in [-0.2, 0) is 4.79 Å². The number of para-hydroxylation sites is 1. The van der Waals surface area contributed by atoms with Gasteiger partial charge in [-0.2, -0.15) is 14.8 Å². The molecule has 1 aliphatic heterocycles. The minimum absolute atomic E-state index is 0.146. The molecule has 2 aromatic rings. The van der Waals surface area contributed by atoms with E-state index in [1.807, 2.05) is 18.2 Å². The maximum atomic E-state index is 12.4. The van der Waals surface area contributed by atoms with E-state index < -0.39 is 0 Å². The Morgan fingerprint density at radius 3 is 2.50 bits per heavy atom. The second-order valence-electron chi connectivity index (χ2n) is 4.59. The summed E-state index contributed by atoms with van der Waals surface area (Å²) in [5, 5.41) is 22.9. The van der Waals surface area contributed by atoms with Gasteiger partial charge in [-0.15, -0.1) is 10.2 Å². The van der Waals surface area contributed by atoms with Crippen molar-refractivity contribution in [3.8, 4) is 0 Å². The zero-order valence-corrected chi connectivity index (χ0v) is 11.8. The van der Waals surface area contributed by atoms with E-state index in [-0.39, 0.29) is 17.1 Å². The summed E-state index contributed by atoms with van der Waals surface area (Å²) >= 11 is 0. The molecule has 7 heteroatoms. The summed E-state index contributed by atoms with van der Waals surface area (Å²) in [6.45, 7) is 1.69.